The lowest BCUT2D eigenvalue weighted by Gasteiger charge is -2.28. The topological polar surface area (TPSA) is 84.4 Å². The van der Waals surface area contributed by atoms with E-state index < -0.39 is 5.92 Å². The van der Waals surface area contributed by atoms with Gasteiger partial charge in [0, 0.05) is 18.9 Å². The first kappa shape index (κ1) is 21.2. The minimum atomic E-state index is -0.473. The summed E-state index contributed by atoms with van der Waals surface area (Å²) in [5.41, 5.74) is 0.938. The summed E-state index contributed by atoms with van der Waals surface area (Å²) in [6.07, 6.45) is 2.09. The van der Waals surface area contributed by atoms with Crippen molar-refractivity contribution in [3.8, 4) is 5.75 Å². The van der Waals surface area contributed by atoms with Crippen LogP contribution in [-0.2, 0) is 9.59 Å². The zero-order chi connectivity index (χ0) is 21.0. The number of unbranched alkanes of at least 4 members (excludes halogenated alkanes) is 1. The smallest absolute Gasteiger partial charge is 0.232 e. The Kier molecular flexibility index (Phi) is 6.84. The van der Waals surface area contributed by atoms with E-state index in [1.165, 1.54) is 11.3 Å². The molecule has 1 aliphatic heterocycles. The van der Waals surface area contributed by atoms with Gasteiger partial charge in [-0.25, -0.2) is 0 Å². The van der Waals surface area contributed by atoms with E-state index in [-0.39, 0.29) is 30.2 Å². The Bertz CT molecular complexity index is 850. The summed E-state index contributed by atoms with van der Waals surface area (Å²) in [5.74, 6) is 0.348. The summed E-state index contributed by atoms with van der Waals surface area (Å²) in [4.78, 5) is 27.7. The predicted octanol–water partition coefficient (Wildman–Crippen LogP) is 4.00. The van der Waals surface area contributed by atoms with E-state index in [0.717, 1.165) is 29.2 Å². The van der Waals surface area contributed by atoms with Gasteiger partial charge in [-0.3, -0.25) is 9.59 Å². The van der Waals surface area contributed by atoms with Crippen LogP contribution >= 0.6 is 11.3 Å². The Hall–Kier alpha value is -2.48. The van der Waals surface area contributed by atoms with Gasteiger partial charge in [-0.05, 0) is 24.1 Å². The van der Waals surface area contributed by atoms with E-state index in [1.54, 1.807) is 7.11 Å². The Balaban J connectivity index is 1.84. The lowest BCUT2D eigenvalue weighted by atomic mass is 9.92. The number of carbonyl (C=O) groups excluding carboxylic acids is 2. The highest BCUT2D eigenvalue weighted by atomic mass is 32.1. The number of nitrogens with one attached hydrogen (secondary N) is 1. The number of aromatic nitrogens is 2. The van der Waals surface area contributed by atoms with Crippen LogP contribution in [0.4, 0.5) is 5.13 Å². The fourth-order valence-corrected chi connectivity index (χ4v) is 4.30. The van der Waals surface area contributed by atoms with Crippen molar-refractivity contribution in [3.05, 3.63) is 34.8 Å². The van der Waals surface area contributed by atoms with Gasteiger partial charge in [-0.1, -0.05) is 50.7 Å². The summed E-state index contributed by atoms with van der Waals surface area (Å²) in [6.45, 7) is 6.81. The van der Waals surface area contributed by atoms with Gasteiger partial charge in [0.1, 0.15) is 10.8 Å². The van der Waals surface area contributed by atoms with Crippen molar-refractivity contribution in [3.63, 3.8) is 0 Å². The number of amides is 2. The number of ether oxygens (including phenoxy) is 1. The standard InChI is InChI=1S/C21H28N4O3S/c1-5-6-11-25-17(26)12-16(18(25)14-7-9-15(28-4)10-8-14)19(27)22-21-24-23-20(29-21)13(2)3/h7-10,13,16,18H,5-6,11-12H2,1-4H3,(H,22,24,27). The van der Waals surface area contributed by atoms with E-state index in [9.17, 15) is 9.59 Å². The lowest BCUT2D eigenvalue weighted by molar-refractivity contribution is -0.129. The van der Waals surface area contributed by atoms with Crippen molar-refractivity contribution < 1.29 is 14.3 Å². The Morgan fingerprint density at radius 1 is 1.31 bits per heavy atom. The average Bonchev–Trinajstić information content (AvgIpc) is 3.31. The number of anilines is 1. The largest absolute Gasteiger partial charge is 0.497 e. The molecule has 0 saturated carbocycles. The molecule has 0 spiro atoms. The summed E-state index contributed by atoms with van der Waals surface area (Å²) in [6, 6.07) is 7.30. The molecule has 0 radical (unpaired) electrons. The molecule has 156 valence electrons. The third-order valence-electron chi connectivity index (χ3n) is 5.14. The molecule has 2 aromatic rings. The van der Waals surface area contributed by atoms with Crippen molar-refractivity contribution in [2.24, 2.45) is 5.92 Å². The second-order valence-corrected chi connectivity index (χ2v) is 8.57. The summed E-state index contributed by atoms with van der Waals surface area (Å²) < 4.78 is 5.25. The van der Waals surface area contributed by atoms with Crippen LogP contribution in [0.5, 0.6) is 5.75 Å². The SMILES string of the molecule is CCCCN1C(=O)CC(C(=O)Nc2nnc(C(C)C)s2)C1c1ccc(OC)cc1. The Morgan fingerprint density at radius 2 is 2.03 bits per heavy atom. The maximum atomic E-state index is 13.1. The van der Waals surface area contributed by atoms with E-state index >= 15 is 0 Å². The highest BCUT2D eigenvalue weighted by Gasteiger charge is 2.44. The van der Waals surface area contributed by atoms with Crippen LogP contribution in [0.2, 0.25) is 0 Å². The normalized spacial score (nSPS) is 19.1. The van der Waals surface area contributed by atoms with Crippen molar-refractivity contribution in [1.82, 2.24) is 15.1 Å². The average molecular weight is 417 g/mol. The van der Waals surface area contributed by atoms with Gasteiger partial charge in [0.2, 0.25) is 16.9 Å². The third kappa shape index (κ3) is 4.75. The first-order chi connectivity index (χ1) is 13.9. The molecular weight excluding hydrogens is 388 g/mol. The van der Waals surface area contributed by atoms with Crippen molar-refractivity contribution in [1.29, 1.82) is 0 Å². The van der Waals surface area contributed by atoms with E-state index in [2.05, 4.69) is 22.4 Å². The van der Waals surface area contributed by atoms with E-state index in [1.807, 2.05) is 43.0 Å². The van der Waals surface area contributed by atoms with E-state index in [0.29, 0.717) is 11.7 Å². The number of benzene rings is 1. The number of hydrogen-bond donors (Lipinski definition) is 1. The fourth-order valence-electron chi connectivity index (χ4n) is 3.55. The quantitative estimate of drug-likeness (QED) is 0.703. The molecule has 7 nitrogen and oxygen atoms in total. The number of likely N-dealkylation sites (tertiary alicyclic amines) is 1. The van der Waals surface area contributed by atoms with Crippen LogP contribution in [0, 0.1) is 5.92 Å². The van der Waals surface area contributed by atoms with Gasteiger partial charge in [-0.2, -0.15) is 0 Å². The second-order valence-electron chi connectivity index (χ2n) is 7.56. The molecule has 29 heavy (non-hydrogen) atoms. The maximum absolute atomic E-state index is 13.1. The van der Waals surface area contributed by atoms with E-state index in [4.69, 9.17) is 4.74 Å². The Labute approximate surface area is 175 Å². The van der Waals surface area contributed by atoms with Gasteiger partial charge in [0.05, 0.1) is 19.1 Å². The van der Waals surface area contributed by atoms with Gasteiger partial charge in [0.15, 0.2) is 0 Å². The number of hydrogen-bond acceptors (Lipinski definition) is 6. The molecule has 1 aromatic heterocycles. The Morgan fingerprint density at radius 3 is 2.62 bits per heavy atom. The molecule has 0 bridgehead atoms. The van der Waals surface area contributed by atoms with Crippen molar-refractivity contribution >= 4 is 28.3 Å². The van der Waals surface area contributed by atoms with Crippen LogP contribution in [0.3, 0.4) is 0 Å². The lowest BCUT2D eigenvalue weighted by Crippen LogP contribution is -2.33. The number of methoxy groups -OCH3 is 1. The highest BCUT2D eigenvalue weighted by Crippen LogP contribution is 2.39. The molecule has 2 unspecified atom stereocenters. The molecule has 1 saturated heterocycles. The number of carbonyl (C=O) groups is 2. The van der Waals surface area contributed by atoms with Crippen molar-refractivity contribution in [2.75, 3.05) is 19.0 Å². The molecule has 1 N–H and O–H groups in total. The molecule has 2 amide bonds. The fraction of sp³-hybridized carbons (Fsp3) is 0.524. The molecule has 8 heteroatoms. The van der Waals surface area contributed by atoms with Gasteiger partial charge < -0.3 is 15.0 Å². The first-order valence-electron chi connectivity index (χ1n) is 10.0. The zero-order valence-corrected chi connectivity index (χ0v) is 18.2. The summed E-state index contributed by atoms with van der Waals surface area (Å²) in [5, 5.41) is 12.4. The van der Waals surface area contributed by atoms with Crippen LogP contribution in [0.15, 0.2) is 24.3 Å². The van der Waals surface area contributed by atoms with Crippen LogP contribution in [0.1, 0.15) is 62.6 Å². The van der Waals surface area contributed by atoms with Crippen molar-refractivity contribution in [2.45, 2.75) is 52.0 Å². The number of rotatable bonds is 8. The van der Waals surface area contributed by atoms with Crippen LogP contribution < -0.4 is 10.1 Å². The molecule has 2 atom stereocenters. The third-order valence-corrected chi connectivity index (χ3v) is 6.28. The van der Waals surface area contributed by atoms with Gasteiger partial charge in [-0.15, -0.1) is 10.2 Å². The minimum absolute atomic E-state index is 0.0135. The highest BCUT2D eigenvalue weighted by molar-refractivity contribution is 7.15. The van der Waals surface area contributed by atoms with Gasteiger partial charge >= 0.3 is 0 Å². The molecule has 2 heterocycles. The zero-order valence-electron chi connectivity index (χ0n) is 17.3. The molecular formula is C21H28N4O3S. The maximum Gasteiger partial charge on any atom is 0.232 e. The van der Waals surface area contributed by atoms with Gasteiger partial charge in [0.25, 0.3) is 0 Å². The second kappa shape index (κ2) is 9.35. The predicted molar refractivity (Wildman–Crippen MR) is 113 cm³/mol. The minimum Gasteiger partial charge on any atom is -0.497 e. The monoisotopic (exact) mass is 416 g/mol. The first-order valence-corrected chi connectivity index (χ1v) is 10.8. The van der Waals surface area contributed by atoms with Crippen LogP contribution in [-0.4, -0.2) is 40.6 Å². The van der Waals surface area contributed by atoms with Crippen LogP contribution in [0.25, 0.3) is 0 Å². The number of nitrogens with zero attached hydrogens (tertiary/aromatic N) is 3. The molecule has 3 rings (SSSR count). The summed E-state index contributed by atoms with van der Waals surface area (Å²) in [7, 11) is 1.62. The molecule has 1 fully saturated rings. The molecule has 1 aromatic carbocycles. The molecule has 0 aliphatic carbocycles. The summed E-state index contributed by atoms with van der Waals surface area (Å²) >= 11 is 1.38. The molecule has 1 aliphatic rings.